The maximum absolute atomic E-state index is 12.0. The second kappa shape index (κ2) is 10.9. The number of hydrogen-bond acceptors (Lipinski definition) is 7. The Bertz CT molecular complexity index is 1500. The number of nitrogens with zero attached hydrogens (tertiary/aromatic N) is 1. The highest BCUT2D eigenvalue weighted by Gasteiger charge is 2.44. The van der Waals surface area contributed by atoms with E-state index in [1.165, 1.54) is 23.9 Å². The third kappa shape index (κ3) is 5.75. The summed E-state index contributed by atoms with van der Waals surface area (Å²) in [6.07, 6.45) is -0.899. The molecule has 10 heteroatoms. The van der Waals surface area contributed by atoms with Gasteiger partial charge >= 0.3 is 5.97 Å². The van der Waals surface area contributed by atoms with Crippen molar-refractivity contribution in [3.8, 4) is 5.75 Å². The number of hydrogen-bond donors (Lipinski definition) is 1. The molecule has 4 aromatic rings. The van der Waals surface area contributed by atoms with E-state index in [4.69, 9.17) is 21.1 Å². The van der Waals surface area contributed by atoms with Gasteiger partial charge in [0.05, 0.1) is 20.4 Å². The van der Waals surface area contributed by atoms with E-state index in [-0.39, 0.29) is 17.4 Å². The summed E-state index contributed by atoms with van der Waals surface area (Å²) in [5.41, 5.74) is 0.832. The number of carboxylic acid groups (broad SMARTS) is 1. The Morgan fingerprint density at radius 1 is 0.892 bits per heavy atom. The molecule has 4 aromatic carbocycles. The van der Waals surface area contributed by atoms with Crippen molar-refractivity contribution in [1.29, 1.82) is 0 Å². The second-order valence-electron chi connectivity index (χ2n) is 7.90. The zero-order valence-corrected chi connectivity index (χ0v) is 21.3. The van der Waals surface area contributed by atoms with Crippen LogP contribution in [0, 0.1) is 10.1 Å². The van der Waals surface area contributed by atoms with Gasteiger partial charge in [-0.1, -0.05) is 77.6 Å². The first-order valence-corrected chi connectivity index (χ1v) is 13.0. The lowest BCUT2D eigenvalue weighted by atomic mass is 10.1. The fourth-order valence-electron chi connectivity index (χ4n) is 3.65. The molecule has 1 saturated heterocycles. The lowest BCUT2D eigenvalue weighted by Crippen LogP contribution is -2.04. The average Bonchev–Trinajstić information content (AvgIpc) is 3.65. The van der Waals surface area contributed by atoms with E-state index in [0.717, 1.165) is 27.1 Å². The minimum atomic E-state index is -1.17. The average molecular weight is 552 g/mol. The summed E-state index contributed by atoms with van der Waals surface area (Å²) in [4.78, 5) is 25.4. The van der Waals surface area contributed by atoms with Gasteiger partial charge in [0, 0.05) is 26.3 Å². The number of nitro benzene ring substituents is 1. The maximum atomic E-state index is 12.0. The highest BCUT2D eigenvalue weighted by molar-refractivity contribution is 7.99. The quantitative estimate of drug-likeness (QED) is 0.128. The zero-order valence-electron chi connectivity index (χ0n) is 18.9. The molecule has 0 aromatic heterocycles. The molecule has 2 unspecified atom stereocenters. The molecule has 1 fully saturated rings. The molecular weight excluding hydrogens is 534 g/mol. The second-order valence-corrected chi connectivity index (χ2v) is 10.5. The number of nitro groups is 1. The number of epoxide rings is 1. The smallest absolute Gasteiger partial charge is 0.336 e. The minimum absolute atomic E-state index is 0.0208. The molecule has 1 aliphatic rings. The van der Waals surface area contributed by atoms with Crippen molar-refractivity contribution >= 4 is 46.8 Å². The Morgan fingerprint density at radius 3 is 2.27 bits per heavy atom. The first-order chi connectivity index (χ1) is 17.9. The van der Waals surface area contributed by atoms with Crippen LogP contribution in [0.15, 0.2) is 111 Å². The minimum Gasteiger partial charge on any atom is -0.478 e. The van der Waals surface area contributed by atoms with Crippen LogP contribution in [0.3, 0.4) is 0 Å². The summed E-state index contributed by atoms with van der Waals surface area (Å²) < 4.78 is 11.7. The maximum Gasteiger partial charge on any atom is 0.336 e. The molecule has 0 bridgehead atoms. The number of rotatable bonds is 9. The molecule has 1 aliphatic heterocycles. The van der Waals surface area contributed by atoms with Crippen molar-refractivity contribution in [2.45, 2.75) is 32.0 Å². The lowest BCUT2D eigenvalue weighted by Gasteiger charge is -2.10. The zero-order chi connectivity index (χ0) is 25.9. The van der Waals surface area contributed by atoms with Crippen LogP contribution < -0.4 is 4.74 Å². The van der Waals surface area contributed by atoms with Gasteiger partial charge in [-0.2, -0.15) is 0 Å². The molecule has 2 atom stereocenters. The molecule has 5 rings (SSSR count). The number of para-hydroxylation sites is 1. The van der Waals surface area contributed by atoms with E-state index >= 15 is 0 Å². The summed E-state index contributed by atoms with van der Waals surface area (Å²) >= 11 is 8.88. The van der Waals surface area contributed by atoms with E-state index in [0.29, 0.717) is 20.6 Å². The number of carbonyl (C=O) groups is 1. The number of ether oxygens (including phenoxy) is 2. The number of carboxylic acids is 1. The van der Waals surface area contributed by atoms with Gasteiger partial charge < -0.3 is 14.6 Å². The molecule has 0 radical (unpaired) electrons. The van der Waals surface area contributed by atoms with Crippen LogP contribution in [0.5, 0.6) is 5.75 Å². The van der Waals surface area contributed by atoms with Crippen molar-refractivity contribution in [3.63, 3.8) is 0 Å². The monoisotopic (exact) mass is 551 g/mol. The SMILES string of the molecule is O=C(O)c1cc(OC2OC2c2ccccc2Sc2ccccc2Cl)ccc1Sc1ccccc1[N+](=O)[O-]. The van der Waals surface area contributed by atoms with E-state index in [9.17, 15) is 20.0 Å². The lowest BCUT2D eigenvalue weighted by molar-refractivity contribution is -0.387. The Morgan fingerprint density at radius 2 is 1.54 bits per heavy atom. The van der Waals surface area contributed by atoms with E-state index < -0.39 is 17.2 Å². The molecule has 37 heavy (non-hydrogen) atoms. The Hall–Kier alpha value is -3.50. The predicted octanol–water partition coefficient (Wildman–Crippen LogP) is 7.73. The van der Waals surface area contributed by atoms with Gasteiger partial charge in [0.25, 0.3) is 5.69 Å². The summed E-state index contributed by atoms with van der Waals surface area (Å²) in [6.45, 7) is 0. The van der Waals surface area contributed by atoms with Gasteiger partial charge in [-0.15, -0.1) is 0 Å². The van der Waals surface area contributed by atoms with Gasteiger partial charge in [0.2, 0.25) is 6.29 Å². The van der Waals surface area contributed by atoms with Crippen LogP contribution in [0.4, 0.5) is 5.69 Å². The van der Waals surface area contributed by atoms with Crippen LogP contribution in [0.1, 0.15) is 22.0 Å². The first kappa shape index (κ1) is 25.2. The van der Waals surface area contributed by atoms with Gasteiger partial charge in [-0.05, 0) is 42.5 Å². The first-order valence-electron chi connectivity index (χ1n) is 11.0. The van der Waals surface area contributed by atoms with Crippen LogP contribution >= 0.6 is 35.1 Å². The van der Waals surface area contributed by atoms with Crippen LogP contribution in [-0.4, -0.2) is 22.3 Å². The molecule has 186 valence electrons. The Kier molecular flexibility index (Phi) is 7.38. The Balaban J connectivity index is 1.33. The molecule has 0 spiro atoms. The molecule has 1 heterocycles. The van der Waals surface area contributed by atoms with E-state index in [1.54, 1.807) is 30.3 Å². The Labute approximate surface area is 225 Å². The van der Waals surface area contributed by atoms with Crippen LogP contribution in [0.25, 0.3) is 0 Å². The summed E-state index contributed by atoms with van der Waals surface area (Å²) in [6, 6.07) is 26.2. The van der Waals surface area contributed by atoms with Crippen LogP contribution in [0.2, 0.25) is 5.02 Å². The summed E-state index contributed by atoms with van der Waals surface area (Å²) in [5.74, 6) is -0.839. The number of benzene rings is 4. The van der Waals surface area contributed by atoms with Crippen molar-refractivity contribution in [3.05, 3.63) is 117 Å². The van der Waals surface area contributed by atoms with E-state index in [2.05, 4.69) is 0 Å². The highest BCUT2D eigenvalue weighted by Crippen LogP contribution is 2.46. The molecule has 0 aliphatic carbocycles. The van der Waals surface area contributed by atoms with Gasteiger partial charge in [0.15, 0.2) is 6.10 Å². The van der Waals surface area contributed by atoms with Gasteiger partial charge in [0.1, 0.15) is 5.75 Å². The standard InChI is InChI=1S/C27H18ClNO6S2/c28-19-8-2-5-11-23(19)36-21-10-4-1-7-17(21)25-27(35-25)34-16-13-14-22(18(15-16)26(30)31)37-24-12-6-3-9-20(24)29(32)33/h1-15,25,27H,(H,30,31). The van der Waals surface area contributed by atoms with Crippen molar-refractivity contribution in [1.82, 2.24) is 0 Å². The van der Waals surface area contributed by atoms with Gasteiger partial charge in [-0.25, -0.2) is 4.79 Å². The molecular formula is C27H18ClNO6S2. The molecule has 0 saturated carbocycles. The number of aromatic carboxylic acids is 1. The summed E-state index contributed by atoms with van der Waals surface area (Å²) in [7, 11) is 0. The fourth-order valence-corrected chi connectivity index (χ4v) is 5.92. The molecule has 1 N–H and O–H groups in total. The third-order valence-electron chi connectivity index (χ3n) is 5.45. The van der Waals surface area contributed by atoms with Crippen molar-refractivity contribution < 1.29 is 24.3 Å². The van der Waals surface area contributed by atoms with Crippen LogP contribution in [-0.2, 0) is 4.74 Å². The van der Waals surface area contributed by atoms with Crippen molar-refractivity contribution in [2.75, 3.05) is 0 Å². The normalized spacial score (nSPS) is 16.2. The third-order valence-corrected chi connectivity index (χ3v) is 8.20. The number of halogens is 1. The highest BCUT2D eigenvalue weighted by atomic mass is 35.5. The fraction of sp³-hybridized carbons (Fsp3) is 0.0741. The van der Waals surface area contributed by atoms with Gasteiger partial charge in [-0.3, -0.25) is 10.1 Å². The summed E-state index contributed by atoms with van der Waals surface area (Å²) in [5, 5.41) is 21.8. The van der Waals surface area contributed by atoms with Crippen molar-refractivity contribution in [2.24, 2.45) is 0 Å². The molecule has 7 nitrogen and oxygen atoms in total. The van der Waals surface area contributed by atoms with E-state index in [1.807, 2.05) is 48.5 Å². The predicted molar refractivity (Wildman–Crippen MR) is 141 cm³/mol. The largest absolute Gasteiger partial charge is 0.478 e. The molecule has 0 amide bonds. The topological polar surface area (TPSA) is 102 Å².